The Labute approximate surface area is 119 Å². The van der Waals surface area contributed by atoms with Gasteiger partial charge in [0.25, 0.3) is 0 Å². The van der Waals surface area contributed by atoms with Crippen molar-refractivity contribution in [3.8, 4) is 0 Å². The molecule has 110 valence electrons. The van der Waals surface area contributed by atoms with Gasteiger partial charge in [0.2, 0.25) is 0 Å². The van der Waals surface area contributed by atoms with Crippen LogP contribution in [-0.2, 0) is 9.53 Å². The van der Waals surface area contributed by atoms with Crippen LogP contribution >= 0.6 is 0 Å². The topological polar surface area (TPSA) is 67.4 Å². The van der Waals surface area contributed by atoms with Crippen LogP contribution in [0.2, 0.25) is 0 Å². The van der Waals surface area contributed by atoms with Crippen LogP contribution in [0.15, 0.2) is 30.3 Å². The van der Waals surface area contributed by atoms with Crippen LogP contribution in [0.4, 0.5) is 10.5 Å². The Morgan fingerprint density at radius 3 is 2.55 bits per heavy atom. The molecular weight excluding hydrogens is 256 g/mol. The number of unbranched alkanes of at least 4 members (excludes halogenated alkanes) is 2. The number of anilines is 1. The first kappa shape index (κ1) is 16.0. The van der Waals surface area contributed by atoms with Gasteiger partial charge in [-0.05, 0) is 31.9 Å². The standard InChI is InChI=1S/C15H22N2O3/c1-2-20-14(18)11-7-4-8-12-16-15(19)17-13-9-5-3-6-10-13/h3,5-6,9-10H,2,4,7-8,11-12H2,1H3,(H2,16,17,19). The van der Waals surface area contributed by atoms with Gasteiger partial charge in [0.1, 0.15) is 0 Å². The summed E-state index contributed by atoms with van der Waals surface area (Å²) >= 11 is 0. The maximum Gasteiger partial charge on any atom is 0.319 e. The Hall–Kier alpha value is -2.04. The lowest BCUT2D eigenvalue weighted by Gasteiger charge is -2.07. The lowest BCUT2D eigenvalue weighted by atomic mass is 10.2. The van der Waals surface area contributed by atoms with Gasteiger partial charge in [0.15, 0.2) is 0 Å². The van der Waals surface area contributed by atoms with Gasteiger partial charge in [-0.2, -0.15) is 0 Å². The first-order valence-electron chi connectivity index (χ1n) is 6.98. The summed E-state index contributed by atoms with van der Waals surface area (Å²) in [6, 6.07) is 9.09. The highest BCUT2D eigenvalue weighted by Crippen LogP contribution is 2.04. The van der Waals surface area contributed by atoms with Crippen molar-refractivity contribution in [1.29, 1.82) is 0 Å². The summed E-state index contributed by atoms with van der Waals surface area (Å²) in [4.78, 5) is 22.6. The Balaban J connectivity index is 2.01. The highest BCUT2D eigenvalue weighted by atomic mass is 16.5. The average molecular weight is 278 g/mol. The van der Waals surface area contributed by atoms with Crippen molar-refractivity contribution in [2.24, 2.45) is 0 Å². The van der Waals surface area contributed by atoms with Crippen LogP contribution in [0.5, 0.6) is 0 Å². The molecule has 0 aliphatic rings. The van der Waals surface area contributed by atoms with Crippen molar-refractivity contribution in [3.05, 3.63) is 30.3 Å². The number of esters is 1. The second-order valence-corrected chi connectivity index (χ2v) is 4.36. The van der Waals surface area contributed by atoms with Crippen LogP contribution in [0, 0.1) is 0 Å². The number of rotatable bonds is 8. The van der Waals surface area contributed by atoms with Crippen molar-refractivity contribution in [3.63, 3.8) is 0 Å². The molecule has 20 heavy (non-hydrogen) atoms. The Kier molecular flexibility index (Phi) is 7.87. The second-order valence-electron chi connectivity index (χ2n) is 4.36. The number of amides is 2. The largest absolute Gasteiger partial charge is 0.466 e. The molecule has 1 rings (SSSR count). The molecule has 0 bridgehead atoms. The Morgan fingerprint density at radius 1 is 1.10 bits per heavy atom. The minimum atomic E-state index is -0.207. The van der Waals surface area contributed by atoms with Crippen LogP contribution in [0.25, 0.3) is 0 Å². The molecule has 0 unspecified atom stereocenters. The van der Waals surface area contributed by atoms with Gasteiger partial charge in [0, 0.05) is 18.7 Å². The highest BCUT2D eigenvalue weighted by Gasteiger charge is 2.02. The quantitative estimate of drug-likeness (QED) is 0.567. The van der Waals surface area contributed by atoms with Gasteiger partial charge >= 0.3 is 12.0 Å². The molecule has 0 aliphatic heterocycles. The molecule has 1 aromatic rings. The molecule has 0 saturated heterocycles. The van der Waals surface area contributed by atoms with Crippen molar-refractivity contribution in [2.75, 3.05) is 18.5 Å². The monoisotopic (exact) mass is 278 g/mol. The van der Waals surface area contributed by atoms with E-state index in [0.717, 1.165) is 24.9 Å². The zero-order chi connectivity index (χ0) is 14.6. The van der Waals surface area contributed by atoms with Gasteiger partial charge in [0.05, 0.1) is 6.61 Å². The molecule has 1 aromatic carbocycles. The summed E-state index contributed by atoms with van der Waals surface area (Å²) in [5.41, 5.74) is 0.771. The fourth-order valence-corrected chi connectivity index (χ4v) is 1.70. The van der Waals surface area contributed by atoms with E-state index < -0.39 is 0 Å². The maximum absolute atomic E-state index is 11.5. The molecule has 2 amide bonds. The van der Waals surface area contributed by atoms with E-state index in [1.807, 2.05) is 30.3 Å². The molecule has 0 spiro atoms. The summed E-state index contributed by atoms with van der Waals surface area (Å²) in [7, 11) is 0. The number of ether oxygens (including phenoxy) is 1. The number of carbonyl (C=O) groups excluding carboxylic acids is 2. The maximum atomic E-state index is 11.5. The molecule has 0 fully saturated rings. The molecule has 0 aromatic heterocycles. The fraction of sp³-hybridized carbons (Fsp3) is 0.467. The molecular formula is C15H22N2O3. The zero-order valence-corrected chi connectivity index (χ0v) is 11.9. The van der Waals surface area contributed by atoms with E-state index >= 15 is 0 Å². The fourth-order valence-electron chi connectivity index (χ4n) is 1.70. The molecule has 0 saturated carbocycles. The van der Waals surface area contributed by atoms with E-state index in [2.05, 4.69) is 10.6 Å². The van der Waals surface area contributed by atoms with Crippen LogP contribution in [0.1, 0.15) is 32.6 Å². The summed E-state index contributed by atoms with van der Waals surface area (Å²) in [6.45, 7) is 2.83. The first-order chi connectivity index (χ1) is 9.72. The molecule has 5 nitrogen and oxygen atoms in total. The van der Waals surface area contributed by atoms with Gasteiger partial charge in [-0.1, -0.05) is 24.6 Å². The summed E-state index contributed by atoms with van der Waals surface area (Å²) in [5, 5.41) is 5.52. The first-order valence-corrected chi connectivity index (χ1v) is 6.98. The number of urea groups is 1. The molecule has 2 N–H and O–H groups in total. The normalized spacial score (nSPS) is 9.85. The highest BCUT2D eigenvalue weighted by molar-refractivity contribution is 5.89. The van der Waals surface area contributed by atoms with E-state index in [4.69, 9.17) is 4.74 Å². The van der Waals surface area contributed by atoms with E-state index in [9.17, 15) is 9.59 Å². The Bertz CT molecular complexity index is 407. The summed E-state index contributed by atoms with van der Waals surface area (Å²) in [5.74, 6) is -0.151. The third kappa shape index (κ3) is 7.41. The SMILES string of the molecule is CCOC(=O)CCCCCNC(=O)Nc1ccccc1. The third-order valence-corrected chi connectivity index (χ3v) is 2.68. The van der Waals surface area contributed by atoms with Crippen molar-refractivity contribution in [2.45, 2.75) is 32.6 Å². The van der Waals surface area contributed by atoms with E-state index in [1.54, 1.807) is 6.92 Å². The number of benzene rings is 1. The van der Waals surface area contributed by atoms with Crippen molar-refractivity contribution in [1.82, 2.24) is 5.32 Å². The van der Waals surface area contributed by atoms with E-state index in [1.165, 1.54) is 0 Å². The van der Waals surface area contributed by atoms with Crippen molar-refractivity contribution >= 4 is 17.7 Å². The van der Waals surface area contributed by atoms with E-state index in [0.29, 0.717) is 19.6 Å². The van der Waals surface area contributed by atoms with Gasteiger partial charge in [-0.25, -0.2) is 4.79 Å². The molecule has 5 heteroatoms. The average Bonchev–Trinajstić information content (AvgIpc) is 2.44. The number of carbonyl (C=O) groups is 2. The number of para-hydroxylation sites is 1. The van der Waals surface area contributed by atoms with Crippen LogP contribution in [0.3, 0.4) is 0 Å². The molecule has 0 atom stereocenters. The van der Waals surface area contributed by atoms with Gasteiger partial charge in [-0.3, -0.25) is 4.79 Å². The predicted octanol–water partition coefficient (Wildman–Crippen LogP) is 2.93. The van der Waals surface area contributed by atoms with E-state index in [-0.39, 0.29) is 12.0 Å². The lowest BCUT2D eigenvalue weighted by molar-refractivity contribution is -0.143. The van der Waals surface area contributed by atoms with Crippen LogP contribution in [-0.4, -0.2) is 25.2 Å². The Morgan fingerprint density at radius 2 is 1.85 bits per heavy atom. The van der Waals surface area contributed by atoms with Crippen molar-refractivity contribution < 1.29 is 14.3 Å². The number of hydrogen-bond acceptors (Lipinski definition) is 3. The summed E-state index contributed by atoms with van der Waals surface area (Å²) in [6.07, 6.45) is 2.98. The summed E-state index contributed by atoms with van der Waals surface area (Å²) < 4.78 is 4.83. The second kappa shape index (κ2) is 9.83. The smallest absolute Gasteiger partial charge is 0.319 e. The van der Waals surface area contributed by atoms with Crippen LogP contribution < -0.4 is 10.6 Å². The predicted molar refractivity (Wildman–Crippen MR) is 78.6 cm³/mol. The number of hydrogen-bond donors (Lipinski definition) is 2. The number of nitrogens with one attached hydrogen (secondary N) is 2. The minimum absolute atomic E-state index is 0.151. The minimum Gasteiger partial charge on any atom is -0.466 e. The van der Waals surface area contributed by atoms with Gasteiger partial charge in [-0.15, -0.1) is 0 Å². The molecule has 0 aliphatic carbocycles. The molecule has 0 heterocycles. The zero-order valence-electron chi connectivity index (χ0n) is 11.9. The third-order valence-electron chi connectivity index (χ3n) is 2.68. The van der Waals surface area contributed by atoms with Gasteiger partial charge < -0.3 is 15.4 Å². The molecule has 0 radical (unpaired) electrons. The lowest BCUT2D eigenvalue weighted by Crippen LogP contribution is -2.29.